The Balaban J connectivity index is 2.85. The molecule has 0 aliphatic heterocycles. The van der Waals surface area contributed by atoms with E-state index in [4.69, 9.17) is 9.38 Å². The van der Waals surface area contributed by atoms with Crippen LogP contribution in [-0.4, -0.2) is 18.1 Å². The molecule has 0 amide bonds. The average Bonchev–Trinajstić information content (AvgIpc) is 2.26. The zero-order valence-electron chi connectivity index (χ0n) is 11.4. The van der Waals surface area contributed by atoms with Crippen LogP contribution in [0.4, 0.5) is 0 Å². The van der Waals surface area contributed by atoms with Crippen molar-refractivity contribution in [3.63, 3.8) is 0 Å². The zero-order valence-corrected chi connectivity index (χ0v) is 13.8. The third kappa shape index (κ3) is 4.46. The first-order valence-electron chi connectivity index (χ1n) is 5.89. The Labute approximate surface area is 108 Å². The summed E-state index contributed by atoms with van der Waals surface area (Å²) in [5.41, 5.74) is 0.726. The summed E-state index contributed by atoms with van der Waals surface area (Å²) < 4.78 is 6.25. The molecule has 0 aromatic heterocycles. The van der Waals surface area contributed by atoms with Gasteiger partial charge in [-0.05, 0) is 35.5 Å². The molecule has 0 heterocycles. The number of hydrogen-bond donors (Lipinski definition) is 0. The van der Waals surface area contributed by atoms with Crippen LogP contribution in [0.15, 0.2) is 24.3 Å². The predicted molar refractivity (Wildman–Crippen MR) is 77.6 cm³/mol. The van der Waals surface area contributed by atoms with Gasteiger partial charge in [-0.2, -0.15) is 5.26 Å². The van der Waals surface area contributed by atoms with Crippen molar-refractivity contribution in [2.45, 2.75) is 38.9 Å². The van der Waals surface area contributed by atoms with Crippen molar-refractivity contribution >= 4 is 23.3 Å². The van der Waals surface area contributed by atoms with E-state index in [-0.39, 0.29) is 0 Å². The summed E-state index contributed by atoms with van der Waals surface area (Å²) in [7, 11) is -2.36. The Bertz CT molecular complexity index is 430. The summed E-state index contributed by atoms with van der Waals surface area (Å²) in [4.78, 5) is 0. The topological polar surface area (TPSA) is 33.0 Å². The number of nitrogens with zero attached hydrogens (tertiary/aromatic N) is 1. The van der Waals surface area contributed by atoms with E-state index in [2.05, 4.69) is 46.0 Å². The van der Waals surface area contributed by atoms with Crippen LogP contribution in [-0.2, 0) is 4.12 Å². The second-order valence-electron chi connectivity index (χ2n) is 6.05. The van der Waals surface area contributed by atoms with E-state index in [1.165, 1.54) is 5.19 Å². The predicted octanol–water partition coefficient (Wildman–Crippen LogP) is 2.29. The van der Waals surface area contributed by atoms with Crippen molar-refractivity contribution in [3.05, 3.63) is 29.8 Å². The van der Waals surface area contributed by atoms with Crippen LogP contribution >= 0.6 is 0 Å². The highest BCUT2D eigenvalue weighted by atomic mass is 28.4. The van der Waals surface area contributed by atoms with Gasteiger partial charge in [-0.3, -0.25) is 0 Å². The number of rotatable bonds is 3. The molecule has 0 spiro atoms. The van der Waals surface area contributed by atoms with Gasteiger partial charge in [0, 0.05) is 0 Å². The van der Waals surface area contributed by atoms with E-state index in [1.54, 1.807) is 0 Å². The van der Waals surface area contributed by atoms with Crippen molar-refractivity contribution in [2.24, 2.45) is 0 Å². The van der Waals surface area contributed by atoms with Crippen molar-refractivity contribution in [3.8, 4) is 6.07 Å². The molecule has 0 unspecified atom stereocenters. The van der Waals surface area contributed by atoms with Gasteiger partial charge < -0.3 is 4.12 Å². The van der Waals surface area contributed by atoms with Crippen LogP contribution < -0.4 is 5.19 Å². The second-order valence-corrected chi connectivity index (χ2v) is 13.2. The highest BCUT2D eigenvalue weighted by molar-refractivity contribution is 6.87. The average molecular weight is 263 g/mol. The van der Waals surface area contributed by atoms with Gasteiger partial charge >= 0.3 is 0 Å². The molecule has 4 heteroatoms. The van der Waals surface area contributed by atoms with Crippen LogP contribution in [0.5, 0.6) is 0 Å². The Morgan fingerprint density at radius 1 is 1.29 bits per heavy atom. The minimum Gasteiger partial charge on any atom is -0.457 e. The maximum absolute atomic E-state index is 8.92. The van der Waals surface area contributed by atoms with Gasteiger partial charge in [0.05, 0.1) is 11.6 Å². The van der Waals surface area contributed by atoms with Crippen molar-refractivity contribution in [1.29, 1.82) is 5.26 Å². The Morgan fingerprint density at radius 3 is 2.47 bits per heavy atom. The first kappa shape index (κ1) is 14.2. The van der Waals surface area contributed by atoms with Gasteiger partial charge in [0.25, 0.3) is 0 Å². The van der Waals surface area contributed by atoms with Crippen LogP contribution in [0.25, 0.3) is 0 Å². The molecule has 1 aromatic rings. The molecule has 17 heavy (non-hydrogen) atoms. The molecule has 0 N–H and O–H groups in total. The highest BCUT2D eigenvalue weighted by Crippen LogP contribution is 2.22. The lowest BCUT2D eigenvalue weighted by Gasteiger charge is -2.28. The molecule has 1 rings (SSSR count). The summed E-state index contributed by atoms with van der Waals surface area (Å²) in [6.07, 6.45) is 0. The molecule has 0 radical (unpaired) electrons. The smallest absolute Gasteiger partial charge is 0.205 e. The van der Waals surface area contributed by atoms with Gasteiger partial charge in [0.1, 0.15) is 0 Å². The van der Waals surface area contributed by atoms with Crippen LogP contribution in [0.2, 0.25) is 18.1 Å². The Morgan fingerprint density at radius 2 is 1.94 bits per heavy atom. The van der Waals surface area contributed by atoms with E-state index in [9.17, 15) is 0 Å². The molecule has 0 fully saturated rings. The fourth-order valence-corrected chi connectivity index (χ4v) is 6.29. The quantitative estimate of drug-likeness (QED) is 0.784. The molecule has 0 atom stereocenters. The maximum atomic E-state index is 8.92. The van der Waals surface area contributed by atoms with Gasteiger partial charge in [0.15, 0.2) is 9.76 Å². The van der Waals surface area contributed by atoms with E-state index >= 15 is 0 Å². The van der Waals surface area contributed by atoms with Gasteiger partial charge in [0.2, 0.25) is 8.32 Å². The summed E-state index contributed by atoms with van der Waals surface area (Å²) in [6, 6.07) is 10.0. The SMILES string of the molecule is CC(C)(C)[SiH2]O[Si](C)(C)c1cccc(C#N)c1. The summed E-state index contributed by atoms with van der Waals surface area (Å²) in [6.45, 7) is 11.1. The summed E-state index contributed by atoms with van der Waals surface area (Å²) in [5, 5.41) is 10.5. The van der Waals surface area contributed by atoms with Crippen molar-refractivity contribution in [2.75, 3.05) is 0 Å². The third-order valence-corrected chi connectivity index (χ3v) is 8.58. The van der Waals surface area contributed by atoms with Crippen LogP contribution in [0.1, 0.15) is 26.3 Å². The minimum atomic E-state index is -1.83. The van der Waals surface area contributed by atoms with Gasteiger partial charge in [-0.15, -0.1) is 0 Å². The van der Waals surface area contributed by atoms with Crippen molar-refractivity contribution in [1.82, 2.24) is 0 Å². The molecule has 1 aromatic carbocycles. The molecule has 0 aliphatic carbocycles. The van der Waals surface area contributed by atoms with Gasteiger partial charge in [-0.25, -0.2) is 0 Å². The fourth-order valence-electron chi connectivity index (χ4n) is 1.44. The van der Waals surface area contributed by atoms with E-state index in [0.717, 1.165) is 5.56 Å². The first-order valence-corrected chi connectivity index (χ1v) is 10.1. The lowest BCUT2D eigenvalue weighted by molar-refractivity contribution is 0.550. The zero-order chi connectivity index (χ0) is 13.1. The molecule has 2 nitrogen and oxygen atoms in total. The monoisotopic (exact) mass is 263 g/mol. The van der Waals surface area contributed by atoms with E-state index in [0.29, 0.717) is 5.04 Å². The molecule has 0 bridgehead atoms. The largest absolute Gasteiger partial charge is 0.457 e. The molecule has 0 aliphatic rings. The lowest BCUT2D eigenvalue weighted by Crippen LogP contribution is -2.46. The highest BCUT2D eigenvalue weighted by Gasteiger charge is 2.27. The number of nitriles is 1. The normalized spacial score (nSPS) is 12.9. The van der Waals surface area contributed by atoms with Gasteiger partial charge in [-0.1, -0.05) is 32.9 Å². The summed E-state index contributed by atoms with van der Waals surface area (Å²) in [5.74, 6) is 0. The number of hydrogen-bond acceptors (Lipinski definition) is 2. The van der Waals surface area contributed by atoms with Crippen LogP contribution in [0, 0.1) is 11.3 Å². The maximum Gasteiger partial charge on any atom is 0.205 e. The third-order valence-electron chi connectivity index (χ3n) is 2.55. The Hall–Kier alpha value is -0.896. The lowest BCUT2D eigenvalue weighted by atomic mass is 10.2. The molecule has 0 saturated heterocycles. The minimum absolute atomic E-state index is 0.317. The molecular formula is C13H21NOSi2. The Kier molecular flexibility index (Phi) is 4.31. The van der Waals surface area contributed by atoms with E-state index in [1.807, 2.05) is 18.2 Å². The van der Waals surface area contributed by atoms with Crippen molar-refractivity contribution < 1.29 is 4.12 Å². The number of benzene rings is 1. The molecular weight excluding hydrogens is 242 g/mol. The van der Waals surface area contributed by atoms with Crippen LogP contribution in [0.3, 0.4) is 0 Å². The van der Waals surface area contributed by atoms with E-state index < -0.39 is 18.1 Å². The first-order chi connectivity index (χ1) is 7.74. The fraction of sp³-hybridized carbons (Fsp3) is 0.462. The molecule has 0 saturated carbocycles. The summed E-state index contributed by atoms with van der Waals surface area (Å²) >= 11 is 0. The second kappa shape index (κ2) is 5.17. The molecule has 92 valence electrons. The standard InChI is InChI=1S/C13H21NOSi2/c1-13(2,3)16-15-17(4,5)12-8-6-7-11(9-12)10-14/h6-9H,16H2,1-5H3.